The molecule has 0 aromatic heterocycles. The van der Waals surface area contributed by atoms with Gasteiger partial charge in [-0.05, 0) is 72.2 Å². The van der Waals surface area contributed by atoms with Gasteiger partial charge in [0.2, 0.25) is 5.91 Å². The zero-order valence-corrected chi connectivity index (χ0v) is 19.4. The van der Waals surface area contributed by atoms with Crippen molar-refractivity contribution in [1.82, 2.24) is 10.2 Å². The van der Waals surface area contributed by atoms with E-state index in [2.05, 4.69) is 27.9 Å². The smallest absolute Gasteiger partial charge is 0.261 e. The maximum absolute atomic E-state index is 13.1. The third kappa shape index (κ3) is 7.34. The Kier molecular flexibility index (Phi) is 9.44. The number of ether oxygens (including phenoxy) is 1. The number of aryl methyl sites for hydroxylation is 1. The second-order valence-electron chi connectivity index (χ2n) is 6.97. The van der Waals surface area contributed by atoms with Crippen LogP contribution in [0, 0.1) is 10.5 Å². The molecule has 0 bridgehead atoms. The average molecular weight is 508 g/mol. The minimum absolute atomic E-state index is 0.107. The molecule has 5 nitrogen and oxygen atoms in total. The topological polar surface area (TPSA) is 58.6 Å². The summed E-state index contributed by atoms with van der Waals surface area (Å²) in [6.07, 6.45) is 1.39. The summed E-state index contributed by atoms with van der Waals surface area (Å²) in [6.45, 7) is 6.80. The number of halogens is 1. The number of hydrogen-bond donors (Lipinski definition) is 1. The van der Waals surface area contributed by atoms with E-state index >= 15 is 0 Å². The molecule has 0 aliphatic rings. The highest BCUT2D eigenvalue weighted by Crippen LogP contribution is 2.16. The van der Waals surface area contributed by atoms with Crippen molar-refractivity contribution in [2.24, 2.45) is 0 Å². The molecule has 1 N–H and O–H groups in total. The Bertz CT molecular complexity index is 808. The van der Waals surface area contributed by atoms with Crippen LogP contribution in [0.3, 0.4) is 0 Å². The Morgan fingerprint density at radius 1 is 1.14 bits per heavy atom. The Morgan fingerprint density at radius 2 is 1.86 bits per heavy atom. The molecule has 0 heterocycles. The molecule has 0 aliphatic carbocycles. The molecule has 0 spiro atoms. The Hall–Kier alpha value is -2.09. The van der Waals surface area contributed by atoms with Crippen molar-refractivity contribution < 1.29 is 14.3 Å². The first-order valence-electron chi connectivity index (χ1n) is 9.95. The molecule has 156 valence electrons. The molecule has 2 amide bonds. The molecule has 0 saturated heterocycles. The van der Waals surface area contributed by atoms with Crippen LogP contribution >= 0.6 is 22.6 Å². The van der Waals surface area contributed by atoms with Crippen LogP contribution in [0.1, 0.15) is 37.8 Å². The van der Waals surface area contributed by atoms with E-state index in [0.717, 1.165) is 21.1 Å². The van der Waals surface area contributed by atoms with Gasteiger partial charge in [-0.1, -0.05) is 43.7 Å². The predicted molar refractivity (Wildman–Crippen MR) is 124 cm³/mol. The summed E-state index contributed by atoms with van der Waals surface area (Å²) >= 11 is 2.22. The van der Waals surface area contributed by atoms with Crippen molar-refractivity contribution in [2.75, 3.05) is 13.2 Å². The van der Waals surface area contributed by atoms with Gasteiger partial charge in [-0.2, -0.15) is 0 Å². The maximum Gasteiger partial charge on any atom is 0.261 e. The van der Waals surface area contributed by atoms with Gasteiger partial charge in [-0.3, -0.25) is 9.59 Å². The Morgan fingerprint density at radius 3 is 2.48 bits per heavy atom. The molecule has 0 saturated carbocycles. The molecule has 0 radical (unpaired) electrons. The summed E-state index contributed by atoms with van der Waals surface area (Å²) < 4.78 is 6.79. The van der Waals surface area contributed by atoms with E-state index < -0.39 is 6.04 Å². The fourth-order valence-corrected chi connectivity index (χ4v) is 3.41. The van der Waals surface area contributed by atoms with Gasteiger partial charge in [0.25, 0.3) is 5.91 Å². The molecular weight excluding hydrogens is 479 g/mol. The predicted octanol–water partition coefficient (Wildman–Crippen LogP) is 4.31. The molecule has 29 heavy (non-hydrogen) atoms. The van der Waals surface area contributed by atoms with Crippen molar-refractivity contribution in [3.8, 4) is 5.75 Å². The molecule has 0 fully saturated rings. The number of hydrogen-bond acceptors (Lipinski definition) is 3. The minimum Gasteiger partial charge on any atom is -0.484 e. The summed E-state index contributed by atoms with van der Waals surface area (Å²) in [7, 11) is 0. The molecule has 6 heteroatoms. The van der Waals surface area contributed by atoms with Crippen LogP contribution in [0.5, 0.6) is 5.75 Å². The summed E-state index contributed by atoms with van der Waals surface area (Å²) in [4.78, 5) is 27.4. The average Bonchev–Trinajstić information content (AvgIpc) is 2.71. The van der Waals surface area contributed by atoms with E-state index in [1.165, 1.54) is 0 Å². The van der Waals surface area contributed by atoms with E-state index in [4.69, 9.17) is 4.74 Å². The molecule has 0 aliphatic heterocycles. The summed E-state index contributed by atoms with van der Waals surface area (Å²) in [6, 6.07) is 15.0. The van der Waals surface area contributed by atoms with E-state index in [-0.39, 0.29) is 18.4 Å². The van der Waals surface area contributed by atoms with E-state index in [1.54, 1.807) is 4.90 Å². The van der Waals surface area contributed by atoms with Crippen LogP contribution in [-0.2, 0) is 16.1 Å². The zero-order chi connectivity index (χ0) is 21.2. The fourth-order valence-electron chi connectivity index (χ4n) is 3.05. The molecule has 2 aromatic carbocycles. The number of nitrogens with zero attached hydrogens (tertiary/aromatic N) is 1. The maximum atomic E-state index is 13.1. The van der Waals surface area contributed by atoms with Gasteiger partial charge >= 0.3 is 0 Å². The number of amides is 2. The van der Waals surface area contributed by atoms with Crippen LogP contribution in [0.25, 0.3) is 0 Å². The highest BCUT2D eigenvalue weighted by atomic mass is 127. The second-order valence-corrected chi connectivity index (χ2v) is 8.21. The monoisotopic (exact) mass is 508 g/mol. The minimum atomic E-state index is -0.533. The quantitative estimate of drug-likeness (QED) is 0.487. The first-order valence-corrected chi connectivity index (χ1v) is 11.0. The Labute approximate surface area is 187 Å². The first kappa shape index (κ1) is 23.2. The highest BCUT2D eigenvalue weighted by Gasteiger charge is 2.28. The van der Waals surface area contributed by atoms with Gasteiger partial charge in [0.05, 0.1) is 0 Å². The van der Waals surface area contributed by atoms with Crippen molar-refractivity contribution >= 4 is 34.4 Å². The summed E-state index contributed by atoms with van der Waals surface area (Å²) in [5, 5.41) is 2.92. The molecule has 2 aromatic rings. The number of rotatable bonds is 10. The van der Waals surface area contributed by atoms with Gasteiger partial charge in [0.1, 0.15) is 11.8 Å². The number of benzene rings is 2. The lowest BCUT2D eigenvalue weighted by Crippen LogP contribution is -2.50. The number of carbonyl (C=O) groups is 2. The fraction of sp³-hybridized carbons (Fsp3) is 0.391. The third-order valence-electron chi connectivity index (χ3n) is 4.55. The molecular formula is C23H29IN2O3. The van der Waals surface area contributed by atoms with Gasteiger partial charge in [0, 0.05) is 16.7 Å². The number of nitrogens with one attached hydrogen (secondary N) is 1. The van der Waals surface area contributed by atoms with Crippen LogP contribution in [0.2, 0.25) is 0 Å². The molecule has 2 rings (SSSR count). The van der Waals surface area contributed by atoms with Gasteiger partial charge < -0.3 is 15.0 Å². The lowest BCUT2D eigenvalue weighted by Gasteiger charge is -2.30. The lowest BCUT2D eigenvalue weighted by atomic mass is 10.1. The van der Waals surface area contributed by atoms with E-state index in [9.17, 15) is 9.59 Å². The first-order chi connectivity index (χ1) is 13.9. The van der Waals surface area contributed by atoms with Crippen LogP contribution in [-0.4, -0.2) is 35.9 Å². The second kappa shape index (κ2) is 11.8. The van der Waals surface area contributed by atoms with Crippen LogP contribution in [0.15, 0.2) is 48.5 Å². The summed E-state index contributed by atoms with van der Waals surface area (Å²) in [5.41, 5.74) is 2.11. The molecule has 1 unspecified atom stereocenters. The highest BCUT2D eigenvalue weighted by molar-refractivity contribution is 14.1. The normalized spacial score (nSPS) is 11.6. The van der Waals surface area contributed by atoms with Gasteiger partial charge in [0.15, 0.2) is 6.61 Å². The van der Waals surface area contributed by atoms with Gasteiger partial charge in [-0.15, -0.1) is 0 Å². The Balaban J connectivity index is 2.17. The van der Waals surface area contributed by atoms with Crippen molar-refractivity contribution in [1.29, 1.82) is 0 Å². The number of carbonyl (C=O) groups excluding carboxylic acids is 2. The molecule has 1 atom stereocenters. The third-order valence-corrected chi connectivity index (χ3v) is 5.27. The van der Waals surface area contributed by atoms with Crippen LogP contribution in [0.4, 0.5) is 0 Å². The van der Waals surface area contributed by atoms with E-state index in [1.807, 2.05) is 69.3 Å². The van der Waals surface area contributed by atoms with Gasteiger partial charge in [-0.25, -0.2) is 0 Å². The van der Waals surface area contributed by atoms with Crippen LogP contribution < -0.4 is 10.1 Å². The lowest BCUT2D eigenvalue weighted by molar-refractivity contribution is -0.143. The van der Waals surface area contributed by atoms with Crippen molar-refractivity contribution in [3.63, 3.8) is 0 Å². The van der Waals surface area contributed by atoms with Crippen molar-refractivity contribution in [3.05, 3.63) is 63.2 Å². The summed E-state index contributed by atoms with van der Waals surface area (Å²) in [5.74, 6) is 0.311. The standard InChI is InChI=1S/C23H29IN2O3/c1-4-13-25-23(28)21(5-2)26(15-18-8-6-7-17(3)14-18)22(27)16-29-20-11-9-19(24)10-12-20/h6-12,14,21H,4-5,13,15-16H2,1-3H3,(H,25,28). The van der Waals surface area contributed by atoms with Crippen molar-refractivity contribution in [2.45, 2.75) is 46.2 Å². The van der Waals surface area contributed by atoms with E-state index in [0.29, 0.717) is 25.3 Å². The zero-order valence-electron chi connectivity index (χ0n) is 17.3. The largest absolute Gasteiger partial charge is 0.484 e. The SMILES string of the molecule is CCCNC(=O)C(CC)N(Cc1cccc(C)c1)C(=O)COc1ccc(I)cc1.